The molecule has 0 aliphatic heterocycles. The fourth-order valence-electron chi connectivity index (χ4n) is 3.77. The van der Waals surface area contributed by atoms with E-state index in [2.05, 4.69) is 15.1 Å². The second-order valence-corrected chi connectivity index (χ2v) is 6.78. The Labute approximate surface area is 150 Å². The van der Waals surface area contributed by atoms with Crippen molar-refractivity contribution in [3.8, 4) is 17.1 Å². The van der Waals surface area contributed by atoms with E-state index in [9.17, 15) is 9.18 Å². The molecule has 0 unspecified atom stereocenters. The number of H-pyrrole nitrogens is 1. The summed E-state index contributed by atoms with van der Waals surface area (Å²) < 4.78 is 20.8. The SMILES string of the molecule is COc1ccc(F)cc1-c1nc2c(C)nn(C3CCCCC3)c2c(=O)[nH]1. The molecule has 2 aromatic heterocycles. The van der Waals surface area contributed by atoms with Gasteiger partial charge < -0.3 is 9.72 Å². The van der Waals surface area contributed by atoms with Gasteiger partial charge in [-0.2, -0.15) is 5.10 Å². The lowest BCUT2D eigenvalue weighted by atomic mass is 9.95. The first-order valence-electron chi connectivity index (χ1n) is 8.91. The third-order valence-electron chi connectivity index (χ3n) is 5.06. The lowest BCUT2D eigenvalue weighted by molar-refractivity contribution is 0.336. The molecule has 26 heavy (non-hydrogen) atoms. The number of methoxy groups -OCH3 is 1. The normalized spacial score (nSPS) is 15.5. The maximum absolute atomic E-state index is 13.7. The van der Waals surface area contributed by atoms with E-state index < -0.39 is 5.82 Å². The third-order valence-corrected chi connectivity index (χ3v) is 5.06. The van der Waals surface area contributed by atoms with Gasteiger partial charge in [-0.25, -0.2) is 9.37 Å². The first kappa shape index (κ1) is 16.8. The van der Waals surface area contributed by atoms with E-state index in [1.807, 2.05) is 11.6 Å². The topological polar surface area (TPSA) is 72.8 Å². The number of aryl methyl sites for hydroxylation is 1. The van der Waals surface area contributed by atoms with E-state index >= 15 is 0 Å². The van der Waals surface area contributed by atoms with Gasteiger partial charge >= 0.3 is 0 Å². The molecule has 0 amide bonds. The molecule has 0 atom stereocenters. The Kier molecular flexibility index (Phi) is 4.22. The van der Waals surface area contributed by atoms with Gasteiger partial charge in [-0.3, -0.25) is 9.48 Å². The maximum Gasteiger partial charge on any atom is 0.277 e. The molecule has 3 aromatic rings. The van der Waals surface area contributed by atoms with Crippen molar-refractivity contribution in [2.45, 2.75) is 45.1 Å². The van der Waals surface area contributed by atoms with Crippen LogP contribution in [0.3, 0.4) is 0 Å². The van der Waals surface area contributed by atoms with Crippen LogP contribution in [0.1, 0.15) is 43.8 Å². The number of fused-ring (bicyclic) bond motifs is 1. The van der Waals surface area contributed by atoms with Crippen molar-refractivity contribution in [3.05, 3.63) is 40.1 Å². The van der Waals surface area contributed by atoms with Gasteiger partial charge in [0.2, 0.25) is 0 Å². The van der Waals surface area contributed by atoms with Gasteiger partial charge in [-0.05, 0) is 38.0 Å². The first-order chi connectivity index (χ1) is 12.6. The van der Waals surface area contributed by atoms with Crippen LogP contribution in [-0.2, 0) is 0 Å². The van der Waals surface area contributed by atoms with Crippen LogP contribution in [0.4, 0.5) is 4.39 Å². The number of aromatic nitrogens is 4. The molecule has 2 heterocycles. The zero-order valence-electron chi connectivity index (χ0n) is 14.9. The van der Waals surface area contributed by atoms with Crippen LogP contribution >= 0.6 is 0 Å². The molecule has 0 radical (unpaired) electrons. The van der Waals surface area contributed by atoms with Crippen LogP contribution in [0.2, 0.25) is 0 Å². The van der Waals surface area contributed by atoms with Gasteiger partial charge in [0.1, 0.15) is 22.9 Å². The summed E-state index contributed by atoms with van der Waals surface area (Å²) in [6.45, 7) is 1.85. The second kappa shape index (κ2) is 6.55. The monoisotopic (exact) mass is 356 g/mol. The van der Waals surface area contributed by atoms with Crippen LogP contribution in [0, 0.1) is 12.7 Å². The van der Waals surface area contributed by atoms with E-state index in [1.54, 1.807) is 0 Å². The van der Waals surface area contributed by atoms with Crippen LogP contribution in [0.5, 0.6) is 5.75 Å². The number of nitrogens with one attached hydrogen (secondary N) is 1. The minimum atomic E-state index is -0.418. The molecule has 0 spiro atoms. The standard InChI is InChI=1S/C19H21FN4O2/c1-11-16-17(24(23-11)13-6-4-3-5-7-13)19(25)22-18(21-16)14-10-12(20)8-9-15(14)26-2/h8-10,13H,3-7H2,1-2H3,(H,21,22,25). The van der Waals surface area contributed by atoms with Gasteiger partial charge in [-0.1, -0.05) is 19.3 Å². The fraction of sp³-hybridized carbons (Fsp3) is 0.421. The number of hydrogen-bond donors (Lipinski definition) is 1. The van der Waals surface area contributed by atoms with Crippen molar-refractivity contribution in [1.82, 2.24) is 19.7 Å². The predicted octanol–water partition coefficient (Wildman–Crippen LogP) is 3.75. The van der Waals surface area contributed by atoms with E-state index in [-0.39, 0.29) is 17.4 Å². The number of rotatable bonds is 3. The Morgan fingerprint density at radius 1 is 1.27 bits per heavy atom. The molecule has 7 heteroatoms. The average Bonchev–Trinajstić information content (AvgIpc) is 3.00. The highest BCUT2D eigenvalue weighted by Crippen LogP contribution is 2.32. The minimum absolute atomic E-state index is 0.234. The van der Waals surface area contributed by atoms with Crippen molar-refractivity contribution >= 4 is 11.0 Å². The zero-order valence-corrected chi connectivity index (χ0v) is 14.9. The lowest BCUT2D eigenvalue weighted by Gasteiger charge is -2.22. The van der Waals surface area contributed by atoms with Crippen LogP contribution in [0.25, 0.3) is 22.4 Å². The summed E-state index contributed by atoms with van der Waals surface area (Å²) in [7, 11) is 1.50. The summed E-state index contributed by atoms with van der Waals surface area (Å²) in [5.74, 6) is 0.314. The van der Waals surface area contributed by atoms with E-state index in [0.29, 0.717) is 28.0 Å². The van der Waals surface area contributed by atoms with Gasteiger partial charge in [0, 0.05) is 0 Å². The molecular weight excluding hydrogens is 335 g/mol. The summed E-state index contributed by atoms with van der Waals surface area (Å²) in [5.41, 5.74) is 1.90. The predicted molar refractivity (Wildman–Crippen MR) is 97.0 cm³/mol. The molecule has 6 nitrogen and oxygen atoms in total. The largest absolute Gasteiger partial charge is 0.496 e. The molecule has 1 aliphatic rings. The molecular formula is C19H21FN4O2. The first-order valence-corrected chi connectivity index (χ1v) is 8.91. The summed E-state index contributed by atoms with van der Waals surface area (Å²) in [5, 5.41) is 4.60. The molecule has 1 aromatic carbocycles. The van der Waals surface area contributed by atoms with Crippen molar-refractivity contribution < 1.29 is 9.13 Å². The van der Waals surface area contributed by atoms with Gasteiger partial charge in [0.05, 0.1) is 24.4 Å². The van der Waals surface area contributed by atoms with E-state index in [4.69, 9.17) is 4.74 Å². The van der Waals surface area contributed by atoms with Crippen molar-refractivity contribution in [3.63, 3.8) is 0 Å². The van der Waals surface area contributed by atoms with Crippen LogP contribution in [-0.4, -0.2) is 26.9 Å². The number of aromatic amines is 1. The molecule has 1 aliphatic carbocycles. The van der Waals surface area contributed by atoms with Crippen molar-refractivity contribution in [1.29, 1.82) is 0 Å². The summed E-state index contributed by atoms with van der Waals surface area (Å²) >= 11 is 0. The third kappa shape index (κ3) is 2.77. The Bertz CT molecular complexity index is 1020. The highest BCUT2D eigenvalue weighted by Gasteiger charge is 2.23. The van der Waals surface area contributed by atoms with Crippen molar-refractivity contribution in [2.75, 3.05) is 7.11 Å². The Balaban J connectivity index is 1.90. The molecule has 4 rings (SSSR count). The Morgan fingerprint density at radius 3 is 2.77 bits per heavy atom. The summed E-state index contributed by atoms with van der Waals surface area (Å²) in [4.78, 5) is 20.2. The highest BCUT2D eigenvalue weighted by atomic mass is 19.1. The fourth-order valence-corrected chi connectivity index (χ4v) is 3.77. The molecule has 0 bridgehead atoms. The molecule has 136 valence electrons. The second-order valence-electron chi connectivity index (χ2n) is 6.78. The van der Waals surface area contributed by atoms with Crippen LogP contribution in [0.15, 0.2) is 23.0 Å². The minimum Gasteiger partial charge on any atom is -0.496 e. The number of nitrogens with zero attached hydrogens (tertiary/aromatic N) is 3. The molecule has 1 fully saturated rings. The molecule has 1 N–H and O–H groups in total. The van der Waals surface area contributed by atoms with Crippen molar-refractivity contribution in [2.24, 2.45) is 0 Å². The highest BCUT2D eigenvalue weighted by molar-refractivity contribution is 5.79. The van der Waals surface area contributed by atoms with Gasteiger partial charge in [0.15, 0.2) is 5.52 Å². The number of ether oxygens (including phenoxy) is 1. The smallest absolute Gasteiger partial charge is 0.277 e. The lowest BCUT2D eigenvalue weighted by Crippen LogP contribution is -2.19. The van der Waals surface area contributed by atoms with Gasteiger partial charge in [0.25, 0.3) is 5.56 Å². The number of halogens is 1. The average molecular weight is 356 g/mol. The summed E-state index contributed by atoms with van der Waals surface area (Å²) in [6.07, 6.45) is 5.57. The zero-order chi connectivity index (χ0) is 18.3. The molecule has 1 saturated carbocycles. The van der Waals surface area contributed by atoms with E-state index in [1.165, 1.54) is 31.7 Å². The maximum atomic E-state index is 13.7. The van der Waals surface area contributed by atoms with Gasteiger partial charge in [-0.15, -0.1) is 0 Å². The van der Waals surface area contributed by atoms with Crippen LogP contribution < -0.4 is 10.3 Å². The van der Waals surface area contributed by atoms with E-state index in [0.717, 1.165) is 25.7 Å². The summed E-state index contributed by atoms with van der Waals surface area (Å²) in [6, 6.07) is 4.37. The molecule has 0 saturated heterocycles. The quantitative estimate of drug-likeness (QED) is 0.776. The Hall–Kier alpha value is -2.70. The number of benzene rings is 1. The Morgan fingerprint density at radius 2 is 2.04 bits per heavy atom. The number of hydrogen-bond acceptors (Lipinski definition) is 4.